The lowest BCUT2D eigenvalue weighted by atomic mass is 10.1. The van der Waals surface area contributed by atoms with Gasteiger partial charge in [-0.25, -0.2) is 13.1 Å². The summed E-state index contributed by atoms with van der Waals surface area (Å²) in [6, 6.07) is 0.660. The average Bonchev–Trinajstić information content (AvgIpc) is 3.26. The van der Waals surface area contributed by atoms with E-state index in [-0.39, 0.29) is 10.3 Å². The second-order valence-electron chi connectivity index (χ2n) is 6.91. The predicted octanol–water partition coefficient (Wildman–Crippen LogP) is 0.960. The molecule has 2 N–H and O–H groups in total. The molecule has 1 unspecified atom stereocenters. The van der Waals surface area contributed by atoms with Crippen LogP contribution in [0.4, 0.5) is 0 Å². The molecule has 0 radical (unpaired) electrons. The van der Waals surface area contributed by atoms with Gasteiger partial charge in [-0.1, -0.05) is 13.8 Å². The molecule has 21 heavy (non-hydrogen) atoms. The van der Waals surface area contributed by atoms with E-state index in [1.54, 1.807) is 10.9 Å². The third-order valence-corrected chi connectivity index (χ3v) is 5.89. The maximum atomic E-state index is 12.2. The maximum Gasteiger partial charge on any atom is 0.243 e. The van der Waals surface area contributed by atoms with Crippen molar-refractivity contribution in [3.05, 3.63) is 12.4 Å². The molecule has 2 fully saturated rings. The van der Waals surface area contributed by atoms with E-state index in [1.807, 2.05) is 0 Å². The second-order valence-corrected chi connectivity index (χ2v) is 8.68. The fraction of sp³-hybridized carbons (Fsp3) is 0.786. The largest absolute Gasteiger partial charge is 0.312 e. The topological polar surface area (TPSA) is 76.0 Å². The summed E-state index contributed by atoms with van der Waals surface area (Å²) in [5.74, 6) is 0.449. The Hall–Kier alpha value is -0.920. The standard InChI is InChI=1S/C14H24N4O2S/c1-14(2)7-11(14)8-17-21(19,20)13-9-16-18(10-13)6-5-15-12-3-4-12/h9-12,15,17H,3-8H2,1-2H3. The first-order valence-corrected chi connectivity index (χ1v) is 9.11. The summed E-state index contributed by atoms with van der Waals surface area (Å²) in [5, 5.41) is 7.51. The summed E-state index contributed by atoms with van der Waals surface area (Å²) in [6.07, 6.45) is 6.62. The molecule has 1 aromatic rings. The highest BCUT2D eigenvalue weighted by atomic mass is 32.2. The van der Waals surface area contributed by atoms with Crippen molar-refractivity contribution in [2.24, 2.45) is 11.3 Å². The van der Waals surface area contributed by atoms with Gasteiger partial charge in [-0.2, -0.15) is 5.10 Å². The summed E-state index contributed by atoms with van der Waals surface area (Å²) < 4.78 is 28.8. The summed E-state index contributed by atoms with van der Waals surface area (Å²) in [4.78, 5) is 0.257. The Morgan fingerprint density at radius 1 is 1.43 bits per heavy atom. The van der Waals surface area contributed by atoms with Crippen molar-refractivity contribution in [3.63, 3.8) is 0 Å². The molecular weight excluding hydrogens is 288 g/mol. The second kappa shape index (κ2) is 5.37. The van der Waals surface area contributed by atoms with E-state index in [1.165, 1.54) is 19.0 Å². The van der Waals surface area contributed by atoms with Gasteiger partial charge in [0.2, 0.25) is 10.0 Å². The summed E-state index contributed by atoms with van der Waals surface area (Å²) in [7, 11) is -3.43. The molecule has 3 rings (SSSR count). The first kappa shape index (κ1) is 15.0. The van der Waals surface area contributed by atoms with Gasteiger partial charge in [0.05, 0.1) is 12.7 Å². The van der Waals surface area contributed by atoms with Crippen LogP contribution in [0.1, 0.15) is 33.1 Å². The summed E-state index contributed by atoms with van der Waals surface area (Å²) in [6.45, 7) is 6.37. The molecule has 1 heterocycles. The van der Waals surface area contributed by atoms with Crippen molar-refractivity contribution in [3.8, 4) is 0 Å². The molecule has 0 amide bonds. The molecule has 0 bridgehead atoms. The highest BCUT2D eigenvalue weighted by Gasteiger charge is 2.45. The van der Waals surface area contributed by atoms with Gasteiger partial charge in [-0.15, -0.1) is 0 Å². The molecule has 7 heteroatoms. The Kier molecular flexibility index (Phi) is 3.83. The highest BCUT2D eigenvalue weighted by Crippen LogP contribution is 2.51. The van der Waals surface area contributed by atoms with Gasteiger partial charge in [-0.3, -0.25) is 4.68 Å². The van der Waals surface area contributed by atoms with Gasteiger partial charge in [0.15, 0.2) is 0 Å². The van der Waals surface area contributed by atoms with Crippen LogP contribution < -0.4 is 10.0 Å². The number of aromatic nitrogens is 2. The Morgan fingerprint density at radius 3 is 2.76 bits per heavy atom. The van der Waals surface area contributed by atoms with Crippen LogP contribution in [0.3, 0.4) is 0 Å². The van der Waals surface area contributed by atoms with Gasteiger partial charge in [0, 0.05) is 25.3 Å². The molecule has 0 spiro atoms. The van der Waals surface area contributed by atoms with Crippen molar-refractivity contribution in [1.82, 2.24) is 19.8 Å². The van der Waals surface area contributed by atoms with E-state index < -0.39 is 10.0 Å². The molecule has 1 atom stereocenters. The third kappa shape index (κ3) is 3.84. The number of nitrogens with zero attached hydrogens (tertiary/aromatic N) is 2. The van der Waals surface area contributed by atoms with Crippen LogP contribution in [-0.4, -0.2) is 37.3 Å². The van der Waals surface area contributed by atoms with E-state index in [0.717, 1.165) is 13.0 Å². The first-order chi connectivity index (χ1) is 9.87. The summed E-state index contributed by atoms with van der Waals surface area (Å²) in [5.41, 5.74) is 0.279. The minimum Gasteiger partial charge on any atom is -0.312 e. The molecule has 6 nitrogen and oxygen atoms in total. The van der Waals surface area contributed by atoms with Crippen LogP contribution >= 0.6 is 0 Å². The predicted molar refractivity (Wildman–Crippen MR) is 80.3 cm³/mol. The van der Waals surface area contributed by atoms with E-state index in [0.29, 0.717) is 25.0 Å². The quantitative estimate of drug-likeness (QED) is 0.750. The molecular formula is C14H24N4O2S. The van der Waals surface area contributed by atoms with Gasteiger partial charge < -0.3 is 5.32 Å². The molecule has 0 saturated heterocycles. The van der Waals surface area contributed by atoms with Crippen LogP contribution in [-0.2, 0) is 16.6 Å². The van der Waals surface area contributed by atoms with Crippen LogP contribution in [0.15, 0.2) is 17.3 Å². The highest BCUT2D eigenvalue weighted by molar-refractivity contribution is 7.89. The van der Waals surface area contributed by atoms with E-state index in [4.69, 9.17) is 0 Å². The summed E-state index contributed by atoms with van der Waals surface area (Å²) >= 11 is 0. The Balaban J connectivity index is 1.51. The Labute approximate surface area is 126 Å². The molecule has 2 aliphatic carbocycles. The normalized spacial score (nSPS) is 24.2. The number of sulfonamides is 1. The van der Waals surface area contributed by atoms with Crippen molar-refractivity contribution in [2.75, 3.05) is 13.1 Å². The zero-order chi connectivity index (χ0) is 15.1. The number of rotatable bonds is 8. The zero-order valence-electron chi connectivity index (χ0n) is 12.7. The molecule has 118 valence electrons. The average molecular weight is 312 g/mol. The zero-order valence-corrected chi connectivity index (χ0v) is 13.5. The SMILES string of the molecule is CC1(C)CC1CNS(=O)(=O)c1cnn(CCNC2CC2)c1. The third-order valence-electron chi connectivity index (χ3n) is 4.51. The molecule has 2 saturated carbocycles. The number of nitrogens with one attached hydrogen (secondary N) is 2. The van der Waals surface area contributed by atoms with Gasteiger partial charge in [0.25, 0.3) is 0 Å². The van der Waals surface area contributed by atoms with Crippen LogP contribution in [0, 0.1) is 11.3 Å². The monoisotopic (exact) mass is 312 g/mol. The lowest BCUT2D eigenvalue weighted by molar-refractivity contribution is 0.536. The van der Waals surface area contributed by atoms with Crippen molar-refractivity contribution < 1.29 is 8.42 Å². The minimum atomic E-state index is -3.43. The van der Waals surface area contributed by atoms with Crippen LogP contribution in [0.2, 0.25) is 0 Å². The van der Waals surface area contributed by atoms with Gasteiger partial charge in [0.1, 0.15) is 4.90 Å². The van der Waals surface area contributed by atoms with E-state index in [9.17, 15) is 8.42 Å². The lowest BCUT2D eigenvalue weighted by Gasteiger charge is -2.06. The van der Waals surface area contributed by atoms with Crippen molar-refractivity contribution in [1.29, 1.82) is 0 Å². The number of hydrogen-bond donors (Lipinski definition) is 2. The van der Waals surface area contributed by atoms with E-state index in [2.05, 4.69) is 29.0 Å². The van der Waals surface area contributed by atoms with Gasteiger partial charge >= 0.3 is 0 Å². The Morgan fingerprint density at radius 2 is 2.14 bits per heavy atom. The fourth-order valence-corrected chi connectivity index (χ4v) is 3.53. The lowest BCUT2D eigenvalue weighted by Crippen LogP contribution is -2.26. The molecule has 2 aliphatic rings. The van der Waals surface area contributed by atoms with Gasteiger partial charge in [-0.05, 0) is 30.6 Å². The van der Waals surface area contributed by atoms with Crippen molar-refractivity contribution >= 4 is 10.0 Å². The minimum absolute atomic E-state index is 0.257. The molecule has 0 aliphatic heterocycles. The Bertz CT molecular complexity index is 604. The molecule has 1 aromatic heterocycles. The maximum absolute atomic E-state index is 12.2. The van der Waals surface area contributed by atoms with Crippen LogP contribution in [0.5, 0.6) is 0 Å². The number of hydrogen-bond acceptors (Lipinski definition) is 4. The van der Waals surface area contributed by atoms with E-state index >= 15 is 0 Å². The van der Waals surface area contributed by atoms with Crippen molar-refractivity contribution in [2.45, 2.75) is 50.6 Å². The smallest absolute Gasteiger partial charge is 0.243 e. The molecule has 0 aromatic carbocycles. The first-order valence-electron chi connectivity index (χ1n) is 7.62. The fourth-order valence-electron chi connectivity index (χ4n) is 2.49. The van der Waals surface area contributed by atoms with Crippen LogP contribution in [0.25, 0.3) is 0 Å².